The average Bonchev–Trinajstić information content (AvgIpc) is 2.54. The van der Waals surface area contributed by atoms with Crippen LogP contribution in [-0.2, 0) is 6.54 Å². The Labute approximate surface area is 157 Å². The van der Waals surface area contributed by atoms with E-state index in [4.69, 9.17) is 9.97 Å². The molecule has 138 valence electrons. The van der Waals surface area contributed by atoms with E-state index in [9.17, 15) is 0 Å². The lowest BCUT2D eigenvalue weighted by Crippen LogP contribution is -2.33. The number of hydrogen-bond acceptors (Lipinski definition) is 6. The van der Waals surface area contributed by atoms with Crippen LogP contribution in [-0.4, -0.2) is 65.1 Å². The van der Waals surface area contributed by atoms with Crippen molar-refractivity contribution in [3.63, 3.8) is 0 Å². The summed E-state index contributed by atoms with van der Waals surface area (Å²) in [6, 6.07) is 3.12. The zero-order valence-corrected chi connectivity index (χ0v) is 18.2. The van der Waals surface area contributed by atoms with Crippen molar-refractivity contribution in [1.29, 1.82) is 0 Å². The van der Waals surface area contributed by atoms with Crippen LogP contribution < -0.4 is 4.90 Å². The fourth-order valence-corrected chi connectivity index (χ4v) is 3.82. The Morgan fingerprint density at radius 1 is 0.958 bits per heavy atom. The molecule has 0 saturated carbocycles. The molecule has 0 unspecified atom stereocenters. The molecule has 6 heteroatoms. The molecular weight excluding hydrogens is 336 g/mol. The summed E-state index contributed by atoms with van der Waals surface area (Å²) < 4.78 is 0. The Balaban J connectivity index is 3.03. The van der Waals surface area contributed by atoms with Gasteiger partial charge in [0.05, 0.1) is 6.54 Å². The molecule has 2 atom stereocenters. The van der Waals surface area contributed by atoms with Crippen LogP contribution in [0.3, 0.4) is 0 Å². The van der Waals surface area contributed by atoms with Crippen LogP contribution in [0.5, 0.6) is 0 Å². The SMILES string of the molecule is CSC[C@@H](C)N(C)Cc1nc(C(C)C)cc(N(C)[C@@H](C)CSC)n1. The monoisotopic (exact) mass is 370 g/mol. The number of anilines is 1. The van der Waals surface area contributed by atoms with Crippen molar-refractivity contribution in [3.05, 3.63) is 17.6 Å². The van der Waals surface area contributed by atoms with Crippen LogP contribution in [0.25, 0.3) is 0 Å². The van der Waals surface area contributed by atoms with E-state index in [2.05, 4.69) is 70.2 Å². The second kappa shape index (κ2) is 10.5. The summed E-state index contributed by atoms with van der Waals surface area (Å²) in [7, 11) is 4.29. The highest BCUT2D eigenvalue weighted by atomic mass is 32.2. The molecule has 0 spiro atoms. The third-order valence-electron chi connectivity index (χ3n) is 4.35. The van der Waals surface area contributed by atoms with E-state index < -0.39 is 0 Å². The first-order valence-electron chi connectivity index (χ1n) is 8.58. The van der Waals surface area contributed by atoms with Crippen molar-refractivity contribution in [2.24, 2.45) is 0 Å². The highest BCUT2D eigenvalue weighted by molar-refractivity contribution is 7.98. The maximum Gasteiger partial charge on any atom is 0.144 e. The molecule has 4 nitrogen and oxygen atoms in total. The average molecular weight is 371 g/mol. The lowest BCUT2D eigenvalue weighted by atomic mass is 10.1. The molecule has 0 aliphatic carbocycles. The Hall–Kier alpha value is -0.460. The standard InChI is InChI=1S/C18H34N4S2/c1-13(2)16-9-18(22(6)15(4)12-24-8)20-17(19-16)10-21(5)14(3)11-23-7/h9,13-15H,10-12H2,1-8H3/t14-,15+/m1/s1. The van der Waals surface area contributed by atoms with Crippen LogP contribution in [0.1, 0.15) is 45.1 Å². The molecule has 24 heavy (non-hydrogen) atoms. The molecule has 1 aromatic rings. The van der Waals surface area contributed by atoms with Crippen molar-refractivity contribution in [1.82, 2.24) is 14.9 Å². The van der Waals surface area contributed by atoms with E-state index in [0.717, 1.165) is 35.4 Å². The molecule has 0 radical (unpaired) electrons. The summed E-state index contributed by atoms with van der Waals surface area (Å²) in [6.45, 7) is 9.69. The first-order chi connectivity index (χ1) is 11.3. The summed E-state index contributed by atoms with van der Waals surface area (Å²) in [6.07, 6.45) is 4.30. The Bertz CT molecular complexity index is 496. The lowest BCUT2D eigenvalue weighted by molar-refractivity contribution is 0.262. The van der Waals surface area contributed by atoms with Gasteiger partial charge in [-0.2, -0.15) is 23.5 Å². The van der Waals surface area contributed by atoms with Crippen molar-refractivity contribution in [2.45, 2.75) is 52.2 Å². The van der Waals surface area contributed by atoms with Crippen LogP contribution in [0.4, 0.5) is 5.82 Å². The largest absolute Gasteiger partial charge is 0.356 e. The van der Waals surface area contributed by atoms with Gasteiger partial charge in [0.25, 0.3) is 0 Å². The maximum absolute atomic E-state index is 4.86. The highest BCUT2D eigenvalue weighted by Crippen LogP contribution is 2.21. The second-order valence-corrected chi connectivity index (χ2v) is 8.68. The van der Waals surface area contributed by atoms with Gasteiger partial charge in [-0.15, -0.1) is 0 Å². The fourth-order valence-electron chi connectivity index (χ4n) is 2.38. The van der Waals surface area contributed by atoms with Crippen molar-refractivity contribution in [3.8, 4) is 0 Å². The summed E-state index contributed by atoms with van der Waals surface area (Å²) in [4.78, 5) is 14.3. The summed E-state index contributed by atoms with van der Waals surface area (Å²) in [5.74, 6) is 4.59. The number of nitrogens with zero attached hydrogens (tertiary/aromatic N) is 4. The number of rotatable bonds is 10. The predicted octanol–water partition coefficient (Wildman–Crippen LogP) is 3.97. The van der Waals surface area contributed by atoms with Gasteiger partial charge in [0.2, 0.25) is 0 Å². The second-order valence-electron chi connectivity index (χ2n) is 6.86. The number of thioether (sulfide) groups is 2. The van der Waals surface area contributed by atoms with Gasteiger partial charge in [0, 0.05) is 42.4 Å². The zero-order chi connectivity index (χ0) is 18.3. The third-order valence-corrected chi connectivity index (χ3v) is 5.98. The topological polar surface area (TPSA) is 32.3 Å². The molecule has 0 amide bonds. The van der Waals surface area contributed by atoms with Crippen LogP contribution >= 0.6 is 23.5 Å². The fraction of sp³-hybridized carbons (Fsp3) is 0.778. The molecule has 1 aromatic heterocycles. The Morgan fingerprint density at radius 2 is 1.54 bits per heavy atom. The minimum atomic E-state index is 0.406. The molecule has 0 fully saturated rings. The van der Waals surface area contributed by atoms with Gasteiger partial charge in [0.15, 0.2) is 0 Å². The molecule has 0 aromatic carbocycles. The number of aromatic nitrogens is 2. The molecule has 1 heterocycles. The minimum Gasteiger partial charge on any atom is -0.356 e. The smallest absolute Gasteiger partial charge is 0.144 e. The minimum absolute atomic E-state index is 0.406. The first-order valence-corrected chi connectivity index (χ1v) is 11.4. The zero-order valence-electron chi connectivity index (χ0n) is 16.5. The van der Waals surface area contributed by atoms with Crippen LogP contribution in [0, 0.1) is 0 Å². The van der Waals surface area contributed by atoms with Gasteiger partial charge in [-0.25, -0.2) is 9.97 Å². The van der Waals surface area contributed by atoms with E-state index in [1.165, 1.54) is 0 Å². The van der Waals surface area contributed by atoms with Gasteiger partial charge in [0.1, 0.15) is 11.6 Å². The molecular formula is C18H34N4S2. The maximum atomic E-state index is 4.86. The third kappa shape index (κ3) is 6.45. The lowest BCUT2D eigenvalue weighted by Gasteiger charge is -2.28. The Morgan fingerprint density at radius 3 is 2.08 bits per heavy atom. The van der Waals surface area contributed by atoms with E-state index in [1.54, 1.807) is 0 Å². The van der Waals surface area contributed by atoms with Gasteiger partial charge >= 0.3 is 0 Å². The number of hydrogen-bond donors (Lipinski definition) is 0. The molecule has 0 aliphatic heterocycles. The highest BCUT2D eigenvalue weighted by Gasteiger charge is 2.17. The van der Waals surface area contributed by atoms with Crippen LogP contribution in [0.2, 0.25) is 0 Å². The molecule has 1 rings (SSSR count). The first kappa shape index (κ1) is 21.6. The molecule has 0 bridgehead atoms. The van der Waals surface area contributed by atoms with Gasteiger partial charge in [-0.3, -0.25) is 4.90 Å². The summed E-state index contributed by atoms with van der Waals surface area (Å²) in [5, 5.41) is 0. The van der Waals surface area contributed by atoms with E-state index in [0.29, 0.717) is 18.0 Å². The van der Waals surface area contributed by atoms with Crippen LogP contribution in [0.15, 0.2) is 6.07 Å². The normalized spacial score (nSPS) is 14.2. The van der Waals surface area contributed by atoms with E-state index in [1.807, 2.05) is 23.5 Å². The van der Waals surface area contributed by atoms with Crippen molar-refractivity contribution >= 4 is 29.3 Å². The Kier molecular flexibility index (Phi) is 9.45. The van der Waals surface area contributed by atoms with E-state index in [-0.39, 0.29) is 0 Å². The van der Waals surface area contributed by atoms with Crippen molar-refractivity contribution in [2.75, 3.05) is 43.0 Å². The van der Waals surface area contributed by atoms with E-state index >= 15 is 0 Å². The molecule has 0 saturated heterocycles. The summed E-state index contributed by atoms with van der Waals surface area (Å²) in [5.41, 5.74) is 1.13. The van der Waals surface area contributed by atoms with Crippen molar-refractivity contribution < 1.29 is 0 Å². The summed E-state index contributed by atoms with van der Waals surface area (Å²) >= 11 is 3.75. The van der Waals surface area contributed by atoms with Gasteiger partial charge in [-0.1, -0.05) is 13.8 Å². The molecule has 0 N–H and O–H groups in total. The quantitative estimate of drug-likeness (QED) is 0.619. The van der Waals surface area contributed by atoms with Gasteiger partial charge < -0.3 is 4.90 Å². The predicted molar refractivity (Wildman–Crippen MR) is 112 cm³/mol. The van der Waals surface area contributed by atoms with Gasteiger partial charge in [-0.05, 0) is 39.3 Å². The molecule has 0 aliphatic rings.